The number of carbonyl (C=O) groups is 5. The molecule has 1 saturated carbocycles. The molecule has 3 aliphatic rings. The van der Waals surface area contributed by atoms with Gasteiger partial charge in [0.2, 0.25) is 17.6 Å². The molecule has 0 aromatic heterocycles. The first-order chi connectivity index (χ1) is 20.6. The molecule has 2 aliphatic carbocycles. The monoisotopic (exact) mass is 617 g/mol. The molecule has 5 N–H and O–H groups in total. The number of urea groups is 1. The summed E-state index contributed by atoms with van der Waals surface area (Å²) in [4.78, 5) is 68.2. The van der Waals surface area contributed by atoms with E-state index >= 15 is 0 Å². The number of nitrogens with two attached hydrogens (primary N) is 1. The number of likely N-dealkylation sites (tertiary alicyclic amines) is 1. The highest BCUT2D eigenvalue weighted by atomic mass is 16.5. The lowest BCUT2D eigenvalue weighted by Gasteiger charge is -2.43. The normalized spacial score (nSPS) is 23.5. The standard InChI is InChI=1S/C33H55N5O6/c1-20(2)22-14-17-38(25(22)29(41)35-23(26(39)28(34)40)18-21-12-11-13-21)30(42)27(33(6)15-9-8-10-16-33)37-31(43)36-24(19-44-7)32(3,4)5/h12,20,22-25,27H,8-11,13-19H2,1-7H3,(H2,34,40)(H,35,41)(H2,36,37,43)/t22-,23?,24-,25+,27-/m1/s1. The van der Waals surface area contributed by atoms with Crippen LogP contribution in [0.1, 0.15) is 99.3 Å². The predicted molar refractivity (Wildman–Crippen MR) is 168 cm³/mol. The molecule has 0 aromatic carbocycles. The van der Waals surface area contributed by atoms with Gasteiger partial charge in [0.1, 0.15) is 18.1 Å². The summed E-state index contributed by atoms with van der Waals surface area (Å²) in [6.45, 7) is 12.8. The largest absolute Gasteiger partial charge is 0.383 e. The van der Waals surface area contributed by atoms with E-state index in [2.05, 4.69) is 16.0 Å². The molecule has 5 amide bonds. The number of amides is 5. The second kappa shape index (κ2) is 14.9. The van der Waals surface area contributed by atoms with Crippen LogP contribution < -0.4 is 21.7 Å². The summed E-state index contributed by atoms with van der Waals surface area (Å²) in [5.74, 6) is -2.81. The lowest BCUT2D eigenvalue weighted by Crippen LogP contribution is -2.63. The van der Waals surface area contributed by atoms with Gasteiger partial charge < -0.3 is 31.3 Å². The molecule has 11 heteroatoms. The number of hydrogen-bond acceptors (Lipinski definition) is 6. The maximum Gasteiger partial charge on any atom is 0.315 e. The number of allylic oxidation sites excluding steroid dienone is 1. The van der Waals surface area contributed by atoms with Gasteiger partial charge in [-0.1, -0.05) is 72.5 Å². The predicted octanol–water partition coefficient (Wildman–Crippen LogP) is 3.21. The van der Waals surface area contributed by atoms with Crippen LogP contribution in [-0.4, -0.2) is 78.9 Å². The summed E-state index contributed by atoms with van der Waals surface area (Å²) >= 11 is 0. The van der Waals surface area contributed by atoms with Crippen molar-refractivity contribution in [2.75, 3.05) is 20.3 Å². The zero-order chi connectivity index (χ0) is 32.8. The molecule has 5 atom stereocenters. The lowest BCUT2D eigenvalue weighted by atomic mass is 9.70. The fraction of sp³-hybridized carbons (Fsp3) is 0.788. The average molecular weight is 618 g/mol. The molecule has 3 rings (SSSR count). The first-order valence-electron chi connectivity index (χ1n) is 16.3. The van der Waals surface area contributed by atoms with E-state index in [4.69, 9.17) is 10.5 Å². The minimum atomic E-state index is -1.10. The van der Waals surface area contributed by atoms with Gasteiger partial charge in [-0.25, -0.2) is 4.79 Å². The van der Waals surface area contributed by atoms with Crippen LogP contribution >= 0.6 is 0 Å². The third-order valence-corrected chi connectivity index (χ3v) is 9.99. The SMILES string of the molecule is COC[C@@H](NC(=O)N[C@H](C(=O)N1CC[C@H](C(C)C)[C@H]1C(=O)NC(CC1=CCC1)C(=O)C(N)=O)C1(C)CCCCC1)C(C)(C)C. The number of nitrogens with zero attached hydrogens (tertiary/aromatic N) is 1. The Morgan fingerprint density at radius 3 is 2.20 bits per heavy atom. The van der Waals surface area contributed by atoms with E-state index in [0.717, 1.165) is 50.5 Å². The van der Waals surface area contributed by atoms with Crippen LogP contribution in [0.4, 0.5) is 4.79 Å². The van der Waals surface area contributed by atoms with Gasteiger partial charge >= 0.3 is 6.03 Å². The summed E-state index contributed by atoms with van der Waals surface area (Å²) < 4.78 is 5.36. The van der Waals surface area contributed by atoms with Crippen LogP contribution in [0.3, 0.4) is 0 Å². The minimum absolute atomic E-state index is 0.0738. The molecule has 0 bridgehead atoms. The summed E-state index contributed by atoms with van der Waals surface area (Å²) in [5.41, 5.74) is 5.55. The van der Waals surface area contributed by atoms with Gasteiger partial charge in [-0.15, -0.1) is 0 Å². The second-order valence-electron chi connectivity index (χ2n) is 14.7. The number of ketones is 1. The fourth-order valence-corrected chi connectivity index (χ4v) is 6.89. The van der Waals surface area contributed by atoms with Crippen LogP contribution in [0.15, 0.2) is 11.6 Å². The van der Waals surface area contributed by atoms with E-state index < -0.39 is 47.2 Å². The Hall–Kier alpha value is -2.95. The van der Waals surface area contributed by atoms with Crippen molar-refractivity contribution in [1.82, 2.24) is 20.9 Å². The Kier molecular flexibility index (Phi) is 12.0. The van der Waals surface area contributed by atoms with Crippen molar-refractivity contribution in [3.8, 4) is 0 Å². The van der Waals surface area contributed by atoms with Crippen molar-refractivity contribution < 1.29 is 28.7 Å². The van der Waals surface area contributed by atoms with Crippen LogP contribution in [0.2, 0.25) is 0 Å². The number of rotatable bonds is 13. The topological polar surface area (TPSA) is 160 Å². The van der Waals surface area contributed by atoms with Crippen LogP contribution in [0.5, 0.6) is 0 Å². The number of carbonyl (C=O) groups excluding carboxylic acids is 5. The van der Waals surface area contributed by atoms with Gasteiger partial charge in [0.15, 0.2) is 0 Å². The van der Waals surface area contributed by atoms with Gasteiger partial charge in [0.25, 0.3) is 5.91 Å². The van der Waals surface area contributed by atoms with E-state index in [-0.39, 0.29) is 35.6 Å². The highest BCUT2D eigenvalue weighted by molar-refractivity contribution is 6.38. The summed E-state index contributed by atoms with van der Waals surface area (Å²) in [6, 6.07) is -3.52. The Balaban J connectivity index is 1.91. The van der Waals surface area contributed by atoms with Crippen LogP contribution in [0.25, 0.3) is 0 Å². The van der Waals surface area contributed by atoms with Crippen molar-refractivity contribution in [2.24, 2.45) is 28.4 Å². The Morgan fingerprint density at radius 2 is 1.70 bits per heavy atom. The molecule has 2 fully saturated rings. The molecule has 0 spiro atoms. The number of hydrogen-bond donors (Lipinski definition) is 4. The molecular formula is C33H55N5O6. The minimum Gasteiger partial charge on any atom is -0.383 e. The molecule has 248 valence electrons. The maximum absolute atomic E-state index is 14.6. The van der Waals surface area contributed by atoms with Crippen LogP contribution in [0, 0.1) is 22.7 Å². The molecular weight excluding hydrogens is 562 g/mol. The molecule has 1 heterocycles. The quantitative estimate of drug-likeness (QED) is 0.183. The Labute approximate surface area is 262 Å². The van der Waals surface area contributed by atoms with Gasteiger partial charge in [-0.3, -0.25) is 19.2 Å². The van der Waals surface area contributed by atoms with Crippen molar-refractivity contribution in [2.45, 2.75) is 123 Å². The Morgan fingerprint density at radius 1 is 1.07 bits per heavy atom. The van der Waals surface area contributed by atoms with E-state index in [9.17, 15) is 24.0 Å². The smallest absolute Gasteiger partial charge is 0.315 e. The van der Waals surface area contributed by atoms with E-state index in [0.29, 0.717) is 19.6 Å². The van der Waals surface area contributed by atoms with E-state index in [1.54, 1.807) is 12.0 Å². The molecule has 11 nitrogen and oxygen atoms in total. The van der Waals surface area contributed by atoms with Crippen molar-refractivity contribution >= 4 is 29.5 Å². The third-order valence-electron chi connectivity index (χ3n) is 9.99. The number of Topliss-reactive ketones (excluding diaryl/α,β-unsaturated/α-hetero) is 1. The Bertz CT molecular complexity index is 1110. The first kappa shape index (κ1) is 35.5. The molecule has 0 aromatic rings. The maximum atomic E-state index is 14.6. The first-order valence-corrected chi connectivity index (χ1v) is 16.3. The number of methoxy groups -OCH3 is 1. The molecule has 1 aliphatic heterocycles. The van der Waals surface area contributed by atoms with Gasteiger partial charge in [0.05, 0.1) is 12.6 Å². The number of ether oxygens (including phenoxy) is 1. The molecule has 0 radical (unpaired) electrons. The van der Waals surface area contributed by atoms with Gasteiger partial charge in [0, 0.05) is 13.7 Å². The van der Waals surface area contributed by atoms with Crippen molar-refractivity contribution in [1.29, 1.82) is 0 Å². The number of primary amides is 1. The van der Waals surface area contributed by atoms with Crippen LogP contribution in [-0.2, 0) is 23.9 Å². The number of nitrogens with one attached hydrogen (secondary N) is 3. The van der Waals surface area contributed by atoms with Gasteiger partial charge in [-0.05, 0) is 61.2 Å². The lowest BCUT2D eigenvalue weighted by molar-refractivity contribution is -0.145. The zero-order valence-electron chi connectivity index (χ0n) is 27.8. The highest BCUT2D eigenvalue weighted by Gasteiger charge is 2.50. The second-order valence-corrected chi connectivity index (χ2v) is 14.7. The molecule has 1 saturated heterocycles. The van der Waals surface area contributed by atoms with E-state index in [1.165, 1.54) is 0 Å². The summed E-state index contributed by atoms with van der Waals surface area (Å²) in [5, 5.41) is 8.85. The third kappa shape index (κ3) is 8.61. The highest BCUT2D eigenvalue weighted by Crippen LogP contribution is 2.41. The van der Waals surface area contributed by atoms with E-state index in [1.807, 2.05) is 47.6 Å². The average Bonchev–Trinajstić information content (AvgIpc) is 3.37. The van der Waals surface area contributed by atoms with Gasteiger partial charge in [-0.2, -0.15) is 0 Å². The van der Waals surface area contributed by atoms with Crippen molar-refractivity contribution in [3.63, 3.8) is 0 Å². The summed E-state index contributed by atoms with van der Waals surface area (Å²) in [6.07, 6.45) is 9.01. The zero-order valence-corrected chi connectivity index (χ0v) is 27.8. The van der Waals surface area contributed by atoms with Crippen molar-refractivity contribution in [3.05, 3.63) is 11.6 Å². The summed E-state index contributed by atoms with van der Waals surface area (Å²) in [7, 11) is 1.59. The fourth-order valence-electron chi connectivity index (χ4n) is 6.89. The molecule has 44 heavy (non-hydrogen) atoms. The molecule has 1 unspecified atom stereocenters.